The van der Waals surface area contributed by atoms with Crippen molar-refractivity contribution in [2.45, 2.75) is 25.5 Å². The highest BCUT2D eigenvalue weighted by molar-refractivity contribution is 9.10. The zero-order chi connectivity index (χ0) is 13.4. The molecule has 0 bridgehead atoms. The number of rotatable bonds is 2. The minimum Gasteiger partial charge on any atom is -0.280 e. The van der Waals surface area contributed by atoms with E-state index in [0.29, 0.717) is 0 Å². The molecule has 0 radical (unpaired) electrons. The Bertz CT molecular complexity index is 517. The van der Waals surface area contributed by atoms with Crippen molar-refractivity contribution >= 4 is 43.2 Å². The van der Waals surface area contributed by atoms with E-state index in [9.17, 15) is 12.8 Å². The number of hydrogen-bond donors (Lipinski definition) is 1. The third kappa shape index (κ3) is 3.33. The topological polar surface area (TPSA) is 46.2 Å². The Labute approximate surface area is 114 Å². The lowest BCUT2D eigenvalue weighted by molar-refractivity contribution is 0.566. The highest BCUT2D eigenvalue weighted by atomic mass is 79.9. The lowest BCUT2D eigenvalue weighted by Gasteiger charge is -2.21. The standard InChI is InChI=1S/C10H12BrClFNO2S/c1-10(2,3)17(15,16)14-9-7(11)4-6(13)5-8(9)12/h4-5,14H,1-3H3. The smallest absolute Gasteiger partial charge is 0.237 e. The molecule has 0 aliphatic carbocycles. The van der Waals surface area contributed by atoms with Crippen LogP contribution in [0.2, 0.25) is 5.02 Å². The van der Waals surface area contributed by atoms with Gasteiger partial charge in [-0.15, -0.1) is 0 Å². The normalized spacial score (nSPS) is 12.6. The molecule has 3 nitrogen and oxygen atoms in total. The van der Waals surface area contributed by atoms with E-state index >= 15 is 0 Å². The van der Waals surface area contributed by atoms with Gasteiger partial charge in [0.2, 0.25) is 10.0 Å². The van der Waals surface area contributed by atoms with Crippen LogP contribution >= 0.6 is 27.5 Å². The van der Waals surface area contributed by atoms with E-state index in [4.69, 9.17) is 11.6 Å². The first-order chi connectivity index (χ1) is 7.54. The molecule has 1 rings (SSSR count). The highest BCUT2D eigenvalue weighted by Crippen LogP contribution is 2.33. The van der Waals surface area contributed by atoms with Gasteiger partial charge in [-0.1, -0.05) is 11.6 Å². The summed E-state index contributed by atoms with van der Waals surface area (Å²) in [4.78, 5) is 0. The Morgan fingerprint density at radius 3 is 2.29 bits per heavy atom. The molecule has 0 atom stereocenters. The minimum absolute atomic E-state index is 0.00435. The second-order valence-corrected chi connectivity index (χ2v) is 8.16. The molecule has 7 heteroatoms. The van der Waals surface area contributed by atoms with Gasteiger partial charge in [0.15, 0.2) is 0 Å². The Morgan fingerprint density at radius 2 is 1.88 bits per heavy atom. The summed E-state index contributed by atoms with van der Waals surface area (Å²) in [6.07, 6.45) is 0. The molecule has 0 aliphatic heterocycles. The summed E-state index contributed by atoms with van der Waals surface area (Å²) in [5.74, 6) is -0.541. The van der Waals surface area contributed by atoms with Crippen LogP contribution in [0.25, 0.3) is 0 Å². The summed E-state index contributed by atoms with van der Waals surface area (Å²) in [6.45, 7) is 4.67. The molecule has 0 aliphatic rings. The lowest BCUT2D eigenvalue weighted by Crippen LogP contribution is -2.33. The van der Waals surface area contributed by atoms with E-state index in [1.807, 2.05) is 0 Å². The first-order valence-electron chi connectivity index (χ1n) is 4.71. The zero-order valence-corrected chi connectivity index (χ0v) is 12.7. The predicted molar refractivity (Wildman–Crippen MR) is 71.4 cm³/mol. The van der Waals surface area contributed by atoms with Gasteiger partial charge in [-0.2, -0.15) is 0 Å². The van der Waals surface area contributed by atoms with Crippen LogP contribution in [0.4, 0.5) is 10.1 Å². The van der Waals surface area contributed by atoms with Gasteiger partial charge in [0.1, 0.15) is 5.82 Å². The largest absolute Gasteiger partial charge is 0.280 e. The Morgan fingerprint density at radius 1 is 1.35 bits per heavy atom. The predicted octanol–water partition coefficient (Wildman–Crippen LogP) is 3.78. The van der Waals surface area contributed by atoms with Gasteiger partial charge >= 0.3 is 0 Å². The van der Waals surface area contributed by atoms with Gasteiger partial charge in [-0.3, -0.25) is 4.72 Å². The molecule has 0 fully saturated rings. The maximum absolute atomic E-state index is 13.0. The monoisotopic (exact) mass is 343 g/mol. The number of benzene rings is 1. The van der Waals surface area contributed by atoms with Crippen molar-refractivity contribution in [2.75, 3.05) is 4.72 Å². The molecular formula is C10H12BrClFNO2S. The number of sulfonamides is 1. The van der Waals surface area contributed by atoms with Crippen LogP contribution in [0.15, 0.2) is 16.6 Å². The van der Waals surface area contributed by atoms with Crippen molar-refractivity contribution in [3.05, 3.63) is 27.4 Å². The second-order valence-electron chi connectivity index (χ2n) is 4.46. The molecule has 1 aromatic rings. The Balaban J connectivity index is 3.22. The van der Waals surface area contributed by atoms with Crippen LogP contribution in [0.1, 0.15) is 20.8 Å². The van der Waals surface area contributed by atoms with Crippen LogP contribution in [-0.2, 0) is 10.0 Å². The molecule has 0 unspecified atom stereocenters. The van der Waals surface area contributed by atoms with E-state index in [0.717, 1.165) is 12.1 Å². The number of hydrogen-bond acceptors (Lipinski definition) is 2. The van der Waals surface area contributed by atoms with E-state index in [1.54, 1.807) is 20.8 Å². The van der Waals surface area contributed by atoms with Crippen molar-refractivity contribution in [2.24, 2.45) is 0 Å². The fourth-order valence-corrected chi connectivity index (χ4v) is 2.81. The van der Waals surface area contributed by atoms with Gasteiger partial charge in [-0.25, -0.2) is 12.8 Å². The maximum Gasteiger partial charge on any atom is 0.237 e. The van der Waals surface area contributed by atoms with Gasteiger partial charge in [0.25, 0.3) is 0 Å². The average molecular weight is 345 g/mol. The Hall–Kier alpha value is -0.330. The van der Waals surface area contributed by atoms with Crippen LogP contribution in [0.5, 0.6) is 0 Å². The first kappa shape index (κ1) is 14.7. The van der Waals surface area contributed by atoms with Crippen LogP contribution < -0.4 is 4.72 Å². The van der Waals surface area contributed by atoms with Crippen LogP contribution in [0, 0.1) is 5.82 Å². The average Bonchev–Trinajstić information content (AvgIpc) is 2.09. The minimum atomic E-state index is -3.60. The third-order valence-electron chi connectivity index (χ3n) is 2.05. The van der Waals surface area contributed by atoms with E-state index in [1.165, 1.54) is 0 Å². The number of halogens is 3. The van der Waals surface area contributed by atoms with Gasteiger partial charge < -0.3 is 0 Å². The molecule has 0 heterocycles. The molecular weight excluding hydrogens is 333 g/mol. The van der Waals surface area contributed by atoms with Crippen molar-refractivity contribution in [1.82, 2.24) is 0 Å². The van der Waals surface area contributed by atoms with E-state index < -0.39 is 20.6 Å². The summed E-state index contributed by atoms with van der Waals surface area (Å²) in [5, 5.41) is 0.00435. The summed E-state index contributed by atoms with van der Waals surface area (Å²) in [7, 11) is -3.60. The molecule has 96 valence electrons. The summed E-state index contributed by atoms with van der Waals surface area (Å²) >= 11 is 8.86. The lowest BCUT2D eigenvalue weighted by atomic mass is 10.3. The highest BCUT2D eigenvalue weighted by Gasteiger charge is 2.30. The first-order valence-corrected chi connectivity index (χ1v) is 7.37. The fourth-order valence-electron chi connectivity index (χ4n) is 0.927. The third-order valence-corrected chi connectivity index (χ3v) is 5.06. The van der Waals surface area contributed by atoms with Crippen molar-refractivity contribution in [3.8, 4) is 0 Å². The maximum atomic E-state index is 13.0. The molecule has 0 saturated carbocycles. The summed E-state index contributed by atoms with van der Waals surface area (Å²) in [5.41, 5.74) is 0.142. The number of anilines is 1. The molecule has 17 heavy (non-hydrogen) atoms. The second kappa shape index (κ2) is 4.74. The van der Waals surface area contributed by atoms with Crippen molar-refractivity contribution in [1.29, 1.82) is 0 Å². The van der Waals surface area contributed by atoms with Gasteiger partial charge in [-0.05, 0) is 48.8 Å². The zero-order valence-electron chi connectivity index (χ0n) is 9.51. The fraction of sp³-hybridized carbons (Fsp3) is 0.400. The van der Waals surface area contributed by atoms with Crippen molar-refractivity contribution in [3.63, 3.8) is 0 Å². The molecule has 0 amide bonds. The quantitative estimate of drug-likeness (QED) is 0.887. The van der Waals surface area contributed by atoms with E-state index in [2.05, 4.69) is 20.7 Å². The number of nitrogens with one attached hydrogen (secondary N) is 1. The molecule has 0 spiro atoms. The van der Waals surface area contributed by atoms with Crippen molar-refractivity contribution < 1.29 is 12.8 Å². The van der Waals surface area contributed by atoms with Crippen LogP contribution in [0.3, 0.4) is 0 Å². The molecule has 1 N–H and O–H groups in total. The summed E-state index contributed by atoms with van der Waals surface area (Å²) in [6, 6.07) is 2.19. The van der Waals surface area contributed by atoms with Gasteiger partial charge in [0, 0.05) is 4.47 Å². The molecule has 1 aromatic carbocycles. The molecule has 0 saturated heterocycles. The van der Waals surface area contributed by atoms with E-state index in [-0.39, 0.29) is 15.2 Å². The summed E-state index contributed by atoms with van der Waals surface area (Å²) < 4.78 is 38.5. The SMILES string of the molecule is CC(C)(C)S(=O)(=O)Nc1c(Cl)cc(F)cc1Br. The van der Waals surface area contributed by atoms with Gasteiger partial charge in [0.05, 0.1) is 15.5 Å². The Kier molecular flexibility index (Phi) is 4.11. The molecule has 0 aromatic heterocycles. The van der Waals surface area contributed by atoms with Crippen LogP contribution in [-0.4, -0.2) is 13.2 Å².